The molecule has 2 aliphatic carbocycles. The summed E-state index contributed by atoms with van der Waals surface area (Å²) >= 11 is 0. The quantitative estimate of drug-likeness (QED) is 0.437. The van der Waals surface area contributed by atoms with Crippen LogP contribution in [0.15, 0.2) is 72.8 Å². The van der Waals surface area contributed by atoms with Crippen molar-refractivity contribution < 1.29 is 0 Å². The second-order valence-electron chi connectivity index (χ2n) is 6.17. The molecule has 0 saturated carbocycles. The van der Waals surface area contributed by atoms with Crippen LogP contribution < -0.4 is 0 Å². The highest BCUT2D eigenvalue weighted by Crippen LogP contribution is 2.44. The molecule has 0 fully saturated rings. The van der Waals surface area contributed by atoms with Crippen molar-refractivity contribution in [1.29, 1.82) is 0 Å². The maximum atomic E-state index is 2.35. The van der Waals surface area contributed by atoms with E-state index in [1.54, 1.807) is 0 Å². The fourth-order valence-corrected chi connectivity index (χ4v) is 3.99. The average Bonchev–Trinajstić information content (AvgIpc) is 3.16. The van der Waals surface area contributed by atoms with Gasteiger partial charge >= 0.3 is 0 Å². The molecule has 0 aliphatic heterocycles. The summed E-state index contributed by atoms with van der Waals surface area (Å²) in [6.07, 6.45) is 5.68. The van der Waals surface area contributed by atoms with Gasteiger partial charge in [0.05, 0.1) is 0 Å². The average molecular weight is 280 g/mol. The zero-order chi connectivity index (χ0) is 14.5. The largest absolute Gasteiger partial charge is 0.0720 e. The Balaban J connectivity index is 1.69. The first-order valence-electron chi connectivity index (χ1n) is 7.89. The first kappa shape index (κ1) is 12.0. The van der Waals surface area contributed by atoms with Crippen molar-refractivity contribution in [2.75, 3.05) is 0 Å². The third kappa shape index (κ3) is 1.58. The summed E-state index contributed by atoms with van der Waals surface area (Å²) in [5, 5.41) is 0. The molecule has 3 aromatic rings. The Morgan fingerprint density at radius 2 is 1.45 bits per heavy atom. The first-order valence-corrected chi connectivity index (χ1v) is 7.89. The molecule has 3 aromatic carbocycles. The summed E-state index contributed by atoms with van der Waals surface area (Å²) in [5.41, 5.74) is 10.1. The van der Waals surface area contributed by atoms with Gasteiger partial charge in [0.25, 0.3) is 0 Å². The first-order chi connectivity index (χ1) is 10.9. The molecule has 0 nitrogen and oxygen atoms in total. The lowest BCUT2D eigenvalue weighted by atomic mass is 9.88. The van der Waals surface area contributed by atoms with Crippen LogP contribution in [0.2, 0.25) is 0 Å². The Kier molecular flexibility index (Phi) is 2.42. The van der Waals surface area contributed by atoms with Gasteiger partial charge in [0.15, 0.2) is 0 Å². The van der Waals surface area contributed by atoms with Crippen LogP contribution in [0.5, 0.6) is 0 Å². The van der Waals surface area contributed by atoms with Crippen LogP contribution in [0.1, 0.15) is 33.7 Å². The van der Waals surface area contributed by atoms with Crippen molar-refractivity contribution in [3.8, 4) is 11.1 Å². The van der Waals surface area contributed by atoms with Crippen molar-refractivity contribution in [2.45, 2.75) is 12.3 Å². The summed E-state index contributed by atoms with van der Waals surface area (Å²) in [6, 6.07) is 24.3. The summed E-state index contributed by atoms with van der Waals surface area (Å²) in [6.45, 7) is 0. The third-order valence-corrected chi connectivity index (χ3v) is 5.02. The van der Waals surface area contributed by atoms with Gasteiger partial charge in [-0.1, -0.05) is 78.9 Å². The normalized spacial score (nSPS) is 17.2. The van der Waals surface area contributed by atoms with E-state index in [0.717, 1.165) is 6.42 Å². The minimum Gasteiger partial charge on any atom is -0.0720 e. The van der Waals surface area contributed by atoms with Crippen molar-refractivity contribution in [3.05, 3.63) is 101 Å². The van der Waals surface area contributed by atoms with Gasteiger partial charge in [-0.15, -0.1) is 0 Å². The molecule has 5 rings (SSSR count). The second-order valence-corrected chi connectivity index (χ2v) is 6.17. The minimum absolute atomic E-state index is 0.403. The van der Waals surface area contributed by atoms with E-state index in [1.807, 2.05) is 0 Å². The van der Waals surface area contributed by atoms with Crippen LogP contribution in [-0.4, -0.2) is 0 Å². The molecule has 0 bridgehead atoms. The van der Waals surface area contributed by atoms with Gasteiger partial charge in [0.1, 0.15) is 0 Å². The molecule has 0 heteroatoms. The lowest BCUT2D eigenvalue weighted by Crippen LogP contribution is -2.00. The van der Waals surface area contributed by atoms with Crippen molar-refractivity contribution in [2.24, 2.45) is 0 Å². The maximum absolute atomic E-state index is 2.35. The number of allylic oxidation sites excluding steroid dienone is 1. The highest BCUT2D eigenvalue weighted by Gasteiger charge is 2.26. The number of benzene rings is 3. The van der Waals surface area contributed by atoms with Crippen molar-refractivity contribution >= 4 is 6.08 Å². The van der Waals surface area contributed by atoms with Crippen LogP contribution >= 0.6 is 0 Å². The molecule has 0 N–H and O–H groups in total. The molecular weight excluding hydrogens is 264 g/mol. The molecular formula is C22H16. The van der Waals surface area contributed by atoms with Crippen LogP contribution in [0.3, 0.4) is 0 Å². The molecule has 1 unspecified atom stereocenters. The SMILES string of the molecule is C1=CC(c2cccc3c2Cc2ccccc2-3)c2ccccc21. The number of rotatable bonds is 1. The second kappa shape index (κ2) is 4.45. The van der Waals surface area contributed by atoms with Crippen LogP contribution in [0, 0.1) is 0 Å². The molecule has 0 aromatic heterocycles. The van der Waals surface area contributed by atoms with E-state index in [-0.39, 0.29) is 0 Å². The van der Waals surface area contributed by atoms with Gasteiger partial charge in [-0.05, 0) is 45.4 Å². The van der Waals surface area contributed by atoms with E-state index in [1.165, 1.54) is 38.9 Å². The van der Waals surface area contributed by atoms with E-state index >= 15 is 0 Å². The van der Waals surface area contributed by atoms with Gasteiger partial charge in [-0.2, -0.15) is 0 Å². The molecule has 2 aliphatic rings. The maximum Gasteiger partial charge on any atom is 0.0281 e. The van der Waals surface area contributed by atoms with Gasteiger partial charge in [-0.25, -0.2) is 0 Å². The highest BCUT2D eigenvalue weighted by molar-refractivity contribution is 5.79. The summed E-state index contributed by atoms with van der Waals surface area (Å²) in [5.74, 6) is 0.403. The zero-order valence-electron chi connectivity index (χ0n) is 12.3. The van der Waals surface area contributed by atoms with Crippen molar-refractivity contribution in [3.63, 3.8) is 0 Å². The summed E-state index contributed by atoms with van der Waals surface area (Å²) in [4.78, 5) is 0. The monoisotopic (exact) mass is 280 g/mol. The van der Waals surface area contributed by atoms with Crippen LogP contribution in [-0.2, 0) is 6.42 Å². The standard InChI is InChI=1S/C22H16/c1-3-8-17-15(6-1)12-13-21(17)20-11-5-10-19-18-9-4-2-7-16(18)14-22(19)20/h1-13,21H,14H2. The van der Waals surface area contributed by atoms with E-state index < -0.39 is 0 Å². The van der Waals surface area contributed by atoms with E-state index in [4.69, 9.17) is 0 Å². The predicted molar refractivity (Wildman–Crippen MR) is 92.0 cm³/mol. The third-order valence-electron chi connectivity index (χ3n) is 5.02. The lowest BCUT2D eigenvalue weighted by molar-refractivity contribution is 1.02. The van der Waals surface area contributed by atoms with E-state index in [2.05, 4.69) is 78.9 Å². The highest BCUT2D eigenvalue weighted by atomic mass is 14.3. The number of hydrogen-bond donors (Lipinski definition) is 0. The summed E-state index contributed by atoms with van der Waals surface area (Å²) in [7, 11) is 0. The van der Waals surface area contributed by atoms with Crippen LogP contribution in [0.25, 0.3) is 17.2 Å². The Labute approximate surface area is 130 Å². The molecule has 0 radical (unpaired) electrons. The Morgan fingerprint density at radius 1 is 0.682 bits per heavy atom. The lowest BCUT2D eigenvalue weighted by Gasteiger charge is -2.16. The molecule has 0 heterocycles. The Hall–Kier alpha value is -2.60. The van der Waals surface area contributed by atoms with Gasteiger partial charge < -0.3 is 0 Å². The Morgan fingerprint density at radius 3 is 2.45 bits per heavy atom. The van der Waals surface area contributed by atoms with Gasteiger partial charge in [0.2, 0.25) is 0 Å². The number of hydrogen-bond acceptors (Lipinski definition) is 0. The fourth-order valence-electron chi connectivity index (χ4n) is 3.99. The summed E-state index contributed by atoms with van der Waals surface area (Å²) < 4.78 is 0. The number of fused-ring (bicyclic) bond motifs is 4. The molecule has 0 spiro atoms. The van der Waals surface area contributed by atoms with E-state index in [0.29, 0.717) is 5.92 Å². The predicted octanol–water partition coefficient (Wildman–Crippen LogP) is 5.42. The van der Waals surface area contributed by atoms with Crippen molar-refractivity contribution in [1.82, 2.24) is 0 Å². The fraction of sp³-hybridized carbons (Fsp3) is 0.0909. The molecule has 22 heavy (non-hydrogen) atoms. The molecule has 1 atom stereocenters. The van der Waals surface area contributed by atoms with Crippen LogP contribution in [0.4, 0.5) is 0 Å². The minimum atomic E-state index is 0.403. The van der Waals surface area contributed by atoms with Gasteiger partial charge in [-0.3, -0.25) is 0 Å². The molecule has 0 amide bonds. The van der Waals surface area contributed by atoms with E-state index in [9.17, 15) is 0 Å². The topological polar surface area (TPSA) is 0 Å². The Bertz CT molecular complexity index is 915. The smallest absolute Gasteiger partial charge is 0.0281 e. The zero-order valence-corrected chi connectivity index (χ0v) is 12.3. The molecule has 104 valence electrons. The van der Waals surface area contributed by atoms with Gasteiger partial charge in [0, 0.05) is 5.92 Å². The molecule has 0 saturated heterocycles.